The first kappa shape index (κ1) is 19.6. The average molecular weight is 411 g/mol. The first-order valence-corrected chi connectivity index (χ1v) is 9.28. The molecule has 0 radical (unpaired) electrons. The molecule has 0 atom stereocenters. The highest BCUT2D eigenvalue weighted by molar-refractivity contribution is 5.69. The van der Waals surface area contributed by atoms with Gasteiger partial charge in [0.25, 0.3) is 5.69 Å². The van der Waals surface area contributed by atoms with Crippen molar-refractivity contribution in [2.45, 2.75) is 19.4 Å². The molecule has 1 aromatic heterocycles. The lowest BCUT2D eigenvalue weighted by molar-refractivity contribution is -0.385. The van der Waals surface area contributed by atoms with E-state index in [2.05, 4.69) is 4.98 Å². The molecule has 30 heavy (non-hydrogen) atoms. The number of ether oxygens (including phenoxy) is 1. The number of amides is 1. The number of aromatic nitrogens is 1. The van der Waals surface area contributed by atoms with Gasteiger partial charge < -0.3 is 14.1 Å². The minimum Gasteiger partial charge on any atom is -0.445 e. The molecule has 1 aliphatic rings. The number of hydrogen-bond acceptors (Lipinski definition) is 6. The Morgan fingerprint density at radius 3 is 2.77 bits per heavy atom. The minimum absolute atomic E-state index is 0.0424. The van der Waals surface area contributed by atoms with E-state index in [1.807, 2.05) is 30.3 Å². The van der Waals surface area contributed by atoms with Crippen LogP contribution in [0.25, 0.3) is 11.5 Å². The summed E-state index contributed by atoms with van der Waals surface area (Å²) in [5, 5.41) is 11.1. The maximum Gasteiger partial charge on any atom is 0.410 e. The average Bonchev–Trinajstić information content (AvgIpc) is 3.17. The predicted molar refractivity (Wildman–Crippen MR) is 104 cm³/mol. The standard InChI is InChI=1S/C21H18FN3O5/c1-13-17(22)7-15(8-19(13)25(27)28)20-23-18(12-29-20)16-9-24(10-16)21(26)30-11-14-5-3-2-4-6-14/h2-8,12,16H,9-11H2,1H3. The molecule has 1 amide bonds. The summed E-state index contributed by atoms with van der Waals surface area (Å²) in [6.45, 7) is 2.38. The van der Waals surface area contributed by atoms with E-state index in [4.69, 9.17) is 9.15 Å². The number of nitro groups is 1. The third kappa shape index (κ3) is 3.86. The van der Waals surface area contributed by atoms with Gasteiger partial charge in [0.2, 0.25) is 5.89 Å². The van der Waals surface area contributed by atoms with Gasteiger partial charge in [0.15, 0.2) is 0 Å². The molecule has 0 spiro atoms. The lowest BCUT2D eigenvalue weighted by atomic mass is 9.98. The fourth-order valence-corrected chi connectivity index (χ4v) is 3.21. The molecule has 0 bridgehead atoms. The topological polar surface area (TPSA) is 98.7 Å². The molecule has 4 rings (SSSR count). The molecule has 154 valence electrons. The van der Waals surface area contributed by atoms with E-state index in [0.29, 0.717) is 18.8 Å². The van der Waals surface area contributed by atoms with Crippen LogP contribution < -0.4 is 0 Å². The molecule has 1 aliphatic heterocycles. The van der Waals surface area contributed by atoms with Crippen molar-refractivity contribution in [3.8, 4) is 11.5 Å². The van der Waals surface area contributed by atoms with Crippen LogP contribution in [0.1, 0.15) is 22.7 Å². The van der Waals surface area contributed by atoms with Gasteiger partial charge in [-0.2, -0.15) is 0 Å². The Bertz CT molecular complexity index is 1090. The van der Waals surface area contributed by atoms with Crippen molar-refractivity contribution < 1.29 is 23.3 Å². The number of carbonyl (C=O) groups excluding carboxylic acids is 1. The summed E-state index contributed by atoms with van der Waals surface area (Å²) in [5.41, 5.74) is 1.32. The minimum atomic E-state index is -0.699. The molecule has 8 nitrogen and oxygen atoms in total. The predicted octanol–water partition coefficient (Wildman–Crippen LogP) is 4.43. The van der Waals surface area contributed by atoms with Crippen molar-refractivity contribution in [3.63, 3.8) is 0 Å². The van der Waals surface area contributed by atoms with Crippen LogP contribution in [0.5, 0.6) is 0 Å². The van der Waals surface area contributed by atoms with Crippen LogP contribution in [0.4, 0.5) is 14.9 Å². The lowest BCUT2D eigenvalue weighted by Gasteiger charge is -2.37. The second-order valence-electron chi connectivity index (χ2n) is 7.08. The Balaban J connectivity index is 1.38. The van der Waals surface area contributed by atoms with Crippen molar-refractivity contribution >= 4 is 11.8 Å². The third-order valence-electron chi connectivity index (χ3n) is 5.05. The van der Waals surface area contributed by atoms with Gasteiger partial charge >= 0.3 is 6.09 Å². The fraction of sp³-hybridized carbons (Fsp3) is 0.238. The van der Waals surface area contributed by atoms with E-state index in [1.54, 1.807) is 4.90 Å². The van der Waals surface area contributed by atoms with Crippen LogP contribution in [-0.4, -0.2) is 34.0 Å². The highest BCUT2D eigenvalue weighted by Crippen LogP contribution is 2.32. The van der Waals surface area contributed by atoms with Gasteiger partial charge in [0, 0.05) is 30.6 Å². The zero-order valence-corrected chi connectivity index (χ0v) is 16.1. The van der Waals surface area contributed by atoms with Crippen molar-refractivity contribution in [2.24, 2.45) is 0 Å². The van der Waals surface area contributed by atoms with E-state index >= 15 is 0 Å². The van der Waals surface area contributed by atoms with Crippen LogP contribution in [0.15, 0.2) is 53.1 Å². The molecule has 0 unspecified atom stereocenters. The van der Waals surface area contributed by atoms with Crippen LogP contribution >= 0.6 is 0 Å². The first-order chi connectivity index (χ1) is 14.4. The number of rotatable bonds is 5. The lowest BCUT2D eigenvalue weighted by Crippen LogP contribution is -2.48. The maximum absolute atomic E-state index is 14.0. The van der Waals surface area contributed by atoms with E-state index < -0.39 is 16.8 Å². The Kier molecular flexibility index (Phi) is 5.18. The van der Waals surface area contributed by atoms with Crippen molar-refractivity contribution in [1.29, 1.82) is 0 Å². The molecular weight excluding hydrogens is 393 g/mol. The van der Waals surface area contributed by atoms with E-state index in [0.717, 1.165) is 11.6 Å². The van der Waals surface area contributed by atoms with Gasteiger partial charge in [-0.15, -0.1) is 0 Å². The molecule has 9 heteroatoms. The molecule has 2 aromatic carbocycles. The van der Waals surface area contributed by atoms with Crippen molar-refractivity contribution in [1.82, 2.24) is 9.88 Å². The largest absolute Gasteiger partial charge is 0.445 e. The number of nitro benzene ring substituents is 1. The second kappa shape index (κ2) is 7.94. The summed E-state index contributed by atoms with van der Waals surface area (Å²) < 4.78 is 24.7. The van der Waals surface area contributed by atoms with Crippen LogP contribution in [0.2, 0.25) is 0 Å². The summed E-state index contributed by atoms with van der Waals surface area (Å²) in [4.78, 5) is 28.5. The number of oxazole rings is 1. The summed E-state index contributed by atoms with van der Waals surface area (Å²) in [6, 6.07) is 11.8. The quantitative estimate of drug-likeness (QED) is 0.455. The van der Waals surface area contributed by atoms with Crippen molar-refractivity contribution in [2.75, 3.05) is 13.1 Å². The molecule has 0 saturated carbocycles. The second-order valence-corrected chi connectivity index (χ2v) is 7.08. The Hall–Kier alpha value is -3.75. The number of carbonyl (C=O) groups is 1. The van der Waals surface area contributed by atoms with E-state index in [9.17, 15) is 19.3 Å². The highest BCUT2D eigenvalue weighted by atomic mass is 19.1. The summed E-state index contributed by atoms with van der Waals surface area (Å²) in [5.74, 6) is -0.649. The molecule has 0 N–H and O–H groups in total. The van der Waals surface area contributed by atoms with Gasteiger partial charge in [-0.25, -0.2) is 14.2 Å². The monoisotopic (exact) mass is 411 g/mol. The first-order valence-electron chi connectivity index (χ1n) is 9.28. The normalized spacial score (nSPS) is 13.7. The molecular formula is C21H18FN3O5. The van der Waals surface area contributed by atoms with Gasteiger partial charge in [-0.05, 0) is 18.6 Å². The maximum atomic E-state index is 14.0. The Labute approximate surface area is 171 Å². The number of nitrogens with zero attached hydrogens (tertiary/aromatic N) is 3. The number of halogens is 1. The zero-order valence-electron chi connectivity index (χ0n) is 16.1. The molecule has 2 heterocycles. The number of benzene rings is 2. The van der Waals surface area contributed by atoms with Crippen LogP contribution in [0.3, 0.4) is 0 Å². The molecule has 0 aliphatic carbocycles. The van der Waals surface area contributed by atoms with Gasteiger partial charge in [-0.3, -0.25) is 10.1 Å². The zero-order chi connectivity index (χ0) is 21.3. The molecule has 1 fully saturated rings. The summed E-state index contributed by atoms with van der Waals surface area (Å²) >= 11 is 0. The van der Waals surface area contributed by atoms with Gasteiger partial charge in [-0.1, -0.05) is 30.3 Å². The molecule has 1 saturated heterocycles. The Morgan fingerprint density at radius 1 is 1.33 bits per heavy atom. The van der Waals surface area contributed by atoms with Gasteiger partial charge in [0.05, 0.1) is 16.2 Å². The highest BCUT2D eigenvalue weighted by Gasteiger charge is 2.35. The molecule has 3 aromatic rings. The van der Waals surface area contributed by atoms with E-state index in [1.165, 1.54) is 19.3 Å². The van der Waals surface area contributed by atoms with Gasteiger partial charge in [0.1, 0.15) is 18.7 Å². The Morgan fingerprint density at radius 2 is 2.07 bits per heavy atom. The summed E-state index contributed by atoms with van der Waals surface area (Å²) in [7, 11) is 0. The van der Waals surface area contributed by atoms with Crippen LogP contribution in [-0.2, 0) is 11.3 Å². The van der Waals surface area contributed by atoms with E-state index in [-0.39, 0.29) is 35.2 Å². The van der Waals surface area contributed by atoms with Crippen LogP contribution in [0, 0.1) is 22.9 Å². The SMILES string of the molecule is Cc1c(F)cc(-c2nc(C3CN(C(=O)OCc4ccccc4)C3)co2)cc1[N+](=O)[O-]. The third-order valence-corrected chi connectivity index (χ3v) is 5.05. The number of hydrogen-bond donors (Lipinski definition) is 0. The smallest absolute Gasteiger partial charge is 0.410 e. The number of likely N-dealkylation sites (tertiary alicyclic amines) is 1. The van der Waals surface area contributed by atoms with Crippen molar-refractivity contribution in [3.05, 3.63) is 81.5 Å². The fourth-order valence-electron chi connectivity index (χ4n) is 3.21. The summed E-state index contributed by atoms with van der Waals surface area (Å²) in [6.07, 6.45) is 1.02.